The van der Waals surface area contributed by atoms with Crippen LogP contribution in [0.3, 0.4) is 0 Å². The molecule has 0 bridgehead atoms. The molecule has 0 saturated carbocycles. The van der Waals surface area contributed by atoms with Crippen molar-refractivity contribution in [3.8, 4) is 0 Å². The zero-order chi connectivity index (χ0) is 11.3. The molecule has 4 heteroatoms. The van der Waals surface area contributed by atoms with E-state index in [1.54, 1.807) is 13.2 Å². The maximum Gasteiger partial charge on any atom is 0.139 e. The van der Waals surface area contributed by atoms with Crippen LogP contribution in [0.15, 0.2) is 22.7 Å². The summed E-state index contributed by atoms with van der Waals surface area (Å²) in [6.45, 7) is 2.74. The van der Waals surface area contributed by atoms with Crippen LogP contribution < -0.4 is 5.32 Å². The van der Waals surface area contributed by atoms with Gasteiger partial charge in [-0.3, -0.25) is 0 Å². The first-order chi connectivity index (χ1) is 7.13. The van der Waals surface area contributed by atoms with Crippen molar-refractivity contribution in [1.29, 1.82) is 0 Å². The van der Waals surface area contributed by atoms with E-state index in [0.717, 1.165) is 12.1 Å². The molecule has 1 rings (SSSR count). The number of rotatable bonds is 5. The molecule has 1 aromatic carbocycles. The van der Waals surface area contributed by atoms with E-state index in [1.165, 1.54) is 6.07 Å². The molecule has 0 aliphatic carbocycles. The van der Waals surface area contributed by atoms with Crippen molar-refractivity contribution < 1.29 is 9.13 Å². The van der Waals surface area contributed by atoms with Crippen LogP contribution in [0.4, 0.5) is 10.1 Å². The topological polar surface area (TPSA) is 21.3 Å². The number of hydrogen-bond acceptors (Lipinski definition) is 2. The molecule has 2 nitrogen and oxygen atoms in total. The normalized spacial score (nSPS) is 12.5. The lowest BCUT2D eigenvalue weighted by Gasteiger charge is -2.14. The first-order valence-corrected chi connectivity index (χ1v) is 5.63. The van der Waals surface area contributed by atoms with Gasteiger partial charge in [0, 0.05) is 25.4 Å². The maximum atomic E-state index is 13.2. The summed E-state index contributed by atoms with van der Waals surface area (Å²) in [5, 5.41) is 3.20. The molecule has 0 aliphatic rings. The summed E-state index contributed by atoms with van der Waals surface area (Å²) in [6, 6.07) is 5.29. The Bertz CT molecular complexity index is 319. The molecule has 0 aliphatic heterocycles. The highest BCUT2D eigenvalue weighted by molar-refractivity contribution is 9.10. The largest absolute Gasteiger partial charge is 0.385 e. The number of benzene rings is 1. The minimum absolute atomic E-state index is 0.251. The average Bonchev–Trinajstić information content (AvgIpc) is 2.20. The Hall–Kier alpha value is -0.610. The molecule has 0 amide bonds. The molecule has 0 heterocycles. The first-order valence-electron chi connectivity index (χ1n) is 4.84. The van der Waals surface area contributed by atoms with Gasteiger partial charge in [0.05, 0.1) is 4.47 Å². The van der Waals surface area contributed by atoms with Crippen LogP contribution in [-0.2, 0) is 4.74 Å². The second-order valence-electron chi connectivity index (χ2n) is 3.46. The van der Waals surface area contributed by atoms with E-state index in [2.05, 4.69) is 21.2 Å². The molecule has 0 fully saturated rings. The minimum Gasteiger partial charge on any atom is -0.385 e. The number of anilines is 1. The van der Waals surface area contributed by atoms with Gasteiger partial charge in [0.25, 0.3) is 0 Å². The number of methoxy groups -OCH3 is 1. The molecule has 0 saturated heterocycles. The van der Waals surface area contributed by atoms with E-state index in [0.29, 0.717) is 11.1 Å². The monoisotopic (exact) mass is 275 g/mol. The Morgan fingerprint density at radius 1 is 1.53 bits per heavy atom. The van der Waals surface area contributed by atoms with Crippen LogP contribution in [0.2, 0.25) is 0 Å². The van der Waals surface area contributed by atoms with Crippen LogP contribution in [0.5, 0.6) is 0 Å². The fourth-order valence-corrected chi connectivity index (χ4v) is 1.48. The molecule has 0 spiro atoms. The summed E-state index contributed by atoms with van der Waals surface area (Å²) in [5.74, 6) is -0.251. The lowest BCUT2D eigenvalue weighted by atomic mass is 10.2. The lowest BCUT2D eigenvalue weighted by Crippen LogP contribution is -2.17. The summed E-state index contributed by atoms with van der Waals surface area (Å²) >= 11 is 3.11. The molecule has 1 aromatic rings. The Labute approximate surface area is 98.0 Å². The van der Waals surface area contributed by atoms with Gasteiger partial charge in [-0.25, -0.2) is 4.39 Å². The van der Waals surface area contributed by atoms with E-state index in [-0.39, 0.29) is 11.9 Å². The molecule has 1 atom stereocenters. The third-order valence-corrected chi connectivity index (χ3v) is 2.73. The second-order valence-corrected chi connectivity index (χ2v) is 4.31. The van der Waals surface area contributed by atoms with Gasteiger partial charge in [-0.05, 0) is 47.5 Å². The highest BCUT2D eigenvalue weighted by Gasteiger charge is 2.04. The lowest BCUT2D eigenvalue weighted by molar-refractivity contribution is 0.191. The predicted octanol–water partition coefficient (Wildman–Crippen LogP) is 3.43. The van der Waals surface area contributed by atoms with Gasteiger partial charge < -0.3 is 10.1 Å². The summed E-state index contributed by atoms with van der Waals surface area (Å²) in [6.07, 6.45) is 0.897. The third-order valence-electron chi connectivity index (χ3n) is 2.09. The Morgan fingerprint density at radius 2 is 2.27 bits per heavy atom. The number of nitrogens with one attached hydrogen (secondary N) is 1. The Morgan fingerprint density at radius 3 is 2.87 bits per heavy atom. The van der Waals surface area contributed by atoms with Crippen molar-refractivity contribution in [3.63, 3.8) is 0 Å². The van der Waals surface area contributed by atoms with Crippen molar-refractivity contribution in [3.05, 3.63) is 28.5 Å². The van der Waals surface area contributed by atoms with Gasteiger partial charge in [-0.2, -0.15) is 0 Å². The number of halogens is 2. The van der Waals surface area contributed by atoms with Crippen molar-refractivity contribution >= 4 is 21.6 Å². The van der Waals surface area contributed by atoms with Crippen LogP contribution in [0, 0.1) is 5.82 Å². The third kappa shape index (κ3) is 4.18. The van der Waals surface area contributed by atoms with E-state index >= 15 is 0 Å². The number of ether oxygens (including phenoxy) is 1. The number of hydrogen-bond donors (Lipinski definition) is 1. The fourth-order valence-electron chi connectivity index (χ4n) is 1.24. The van der Waals surface area contributed by atoms with Gasteiger partial charge in [0.2, 0.25) is 0 Å². The van der Waals surface area contributed by atoms with Gasteiger partial charge in [-0.1, -0.05) is 0 Å². The predicted molar refractivity (Wildman–Crippen MR) is 63.7 cm³/mol. The summed E-state index contributed by atoms with van der Waals surface area (Å²) in [4.78, 5) is 0. The standard InChI is InChI=1S/C11H15BrFNO/c1-8(5-6-15-2)14-9-3-4-10(12)11(13)7-9/h3-4,7-8,14H,5-6H2,1-2H3. The van der Waals surface area contributed by atoms with E-state index in [9.17, 15) is 4.39 Å². The quantitative estimate of drug-likeness (QED) is 0.889. The Balaban J connectivity index is 2.53. The van der Waals surface area contributed by atoms with Crippen molar-refractivity contribution in [1.82, 2.24) is 0 Å². The van der Waals surface area contributed by atoms with Crippen LogP contribution in [0.25, 0.3) is 0 Å². The molecular formula is C11H15BrFNO. The van der Waals surface area contributed by atoms with E-state index in [1.807, 2.05) is 13.0 Å². The molecule has 0 radical (unpaired) electrons. The zero-order valence-electron chi connectivity index (χ0n) is 8.89. The SMILES string of the molecule is COCCC(C)Nc1ccc(Br)c(F)c1. The fraction of sp³-hybridized carbons (Fsp3) is 0.455. The molecule has 84 valence electrons. The highest BCUT2D eigenvalue weighted by Crippen LogP contribution is 2.20. The highest BCUT2D eigenvalue weighted by atomic mass is 79.9. The van der Waals surface area contributed by atoms with Gasteiger partial charge in [-0.15, -0.1) is 0 Å². The van der Waals surface area contributed by atoms with E-state index < -0.39 is 0 Å². The summed E-state index contributed by atoms with van der Waals surface area (Å²) < 4.78 is 18.6. The van der Waals surface area contributed by atoms with Crippen LogP contribution in [0.1, 0.15) is 13.3 Å². The minimum atomic E-state index is -0.251. The van der Waals surface area contributed by atoms with Crippen LogP contribution >= 0.6 is 15.9 Å². The van der Waals surface area contributed by atoms with Gasteiger partial charge in [0.1, 0.15) is 5.82 Å². The van der Waals surface area contributed by atoms with E-state index in [4.69, 9.17) is 4.74 Å². The smallest absolute Gasteiger partial charge is 0.139 e. The van der Waals surface area contributed by atoms with Gasteiger partial charge in [0.15, 0.2) is 0 Å². The van der Waals surface area contributed by atoms with Crippen molar-refractivity contribution in [2.75, 3.05) is 19.0 Å². The molecule has 1 unspecified atom stereocenters. The average molecular weight is 276 g/mol. The maximum absolute atomic E-state index is 13.2. The van der Waals surface area contributed by atoms with Crippen molar-refractivity contribution in [2.24, 2.45) is 0 Å². The zero-order valence-corrected chi connectivity index (χ0v) is 10.5. The molecule has 0 aromatic heterocycles. The second kappa shape index (κ2) is 6.08. The molecule has 1 N–H and O–H groups in total. The van der Waals surface area contributed by atoms with Crippen LogP contribution in [-0.4, -0.2) is 19.8 Å². The molecular weight excluding hydrogens is 261 g/mol. The molecule has 15 heavy (non-hydrogen) atoms. The van der Waals surface area contributed by atoms with Crippen molar-refractivity contribution in [2.45, 2.75) is 19.4 Å². The summed E-state index contributed by atoms with van der Waals surface area (Å²) in [5.41, 5.74) is 0.791. The summed E-state index contributed by atoms with van der Waals surface area (Å²) in [7, 11) is 1.67. The first kappa shape index (κ1) is 12.5. The Kier molecular flexibility index (Phi) is 5.05. The van der Waals surface area contributed by atoms with Gasteiger partial charge >= 0.3 is 0 Å².